The van der Waals surface area contributed by atoms with Gasteiger partial charge in [-0.15, -0.1) is 0 Å². The molecule has 0 aromatic rings. The quantitative estimate of drug-likeness (QED) is 0.651. The van der Waals surface area contributed by atoms with Crippen LogP contribution in [-0.4, -0.2) is 61.4 Å². The van der Waals surface area contributed by atoms with E-state index in [1.165, 1.54) is 0 Å². The predicted octanol–water partition coefficient (Wildman–Crippen LogP) is -0.430. The molecule has 2 amide bonds. The van der Waals surface area contributed by atoms with E-state index in [9.17, 15) is 9.59 Å². The van der Waals surface area contributed by atoms with Crippen molar-refractivity contribution in [2.45, 2.75) is 19.3 Å². The van der Waals surface area contributed by atoms with Gasteiger partial charge in [-0.1, -0.05) is 0 Å². The Balaban J connectivity index is 2.19. The van der Waals surface area contributed by atoms with Crippen LogP contribution >= 0.6 is 0 Å². The summed E-state index contributed by atoms with van der Waals surface area (Å²) in [5, 5.41) is 11.0. The molecule has 6 heteroatoms. The summed E-state index contributed by atoms with van der Waals surface area (Å²) in [4.78, 5) is 26.8. The minimum atomic E-state index is -0.151. The Morgan fingerprint density at radius 2 is 2.00 bits per heavy atom. The molecule has 6 nitrogen and oxygen atoms in total. The number of likely N-dealkylation sites (N-methyl/N-ethyl adjacent to an activating group) is 1. The van der Waals surface area contributed by atoms with Gasteiger partial charge >= 0.3 is 0 Å². The van der Waals surface area contributed by atoms with Crippen LogP contribution in [0.5, 0.6) is 0 Å². The molecule has 1 aliphatic heterocycles. The highest BCUT2D eigenvalue weighted by atomic mass is 16.2. The summed E-state index contributed by atoms with van der Waals surface area (Å²) >= 11 is 0. The fraction of sp³-hybridized carbons (Fsp3) is 0.750. The first kappa shape index (κ1) is 14.5. The lowest BCUT2D eigenvalue weighted by Crippen LogP contribution is -2.41. The number of nitrogens with one attached hydrogen (secondary N) is 1. The van der Waals surface area contributed by atoms with Gasteiger partial charge in [-0.3, -0.25) is 14.5 Å². The van der Waals surface area contributed by atoms with Crippen LogP contribution in [-0.2, 0) is 9.59 Å². The number of nitrogens with zero attached hydrogens (tertiary/aromatic N) is 3. The average molecular weight is 252 g/mol. The highest BCUT2D eigenvalue weighted by Crippen LogP contribution is 2.07. The Morgan fingerprint density at radius 1 is 1.33 bits per heavy atom. The van der Waals surface area contributed by atoms with Crippen molar-refractivity contribution in [3.8, 4) is 6.07 Å². The van der Waals surface area contributed by atoms with E-state index in [0.717, 1.165) is 25.9 Å². The number of nitriles is 1. The Labute approximate surface area is 108 Å². The van der Waals surface area contributed by atoms with Crippen molar-refractivity contribution in [1.29, 1.82) is 5.26 Å². The molecule has 1 aliphatic rings. The van der Waals surface area contributed by atoms with Crippen molar-refractivity contribution in [3.05, 3.63) is 0 Å². The molecule has 1 fully saturated rings. The summed E-state index contributed by atoms with van der Waals surface area (Å²) < 4.78 is 0. The van der Waals surface area contributed by atoms with Crippen LogP contribution in [0.3, 0.4) is 0 Å². The monoisotopic (exact) mass is 252 g/mol. The van der Waals surface area contributed by atoms with Gasteiger partial charge < -0.3 is 10.2 Å². The van der Waals surface area contributed by atoms with E-state index in [1.807, 2.05) is 11.0 Å². The zero-order valence-electron chi connectivity index (χ0n) is 10.8. The van der Waals surface area contributed by atoms with Crippen molar-refractivity contribution < 1.29 is 9.59 Å². The maximum Gasteiger partial charge on any atom is 0.236 e. The van der Waals surface area contributed by atoms with E-state index in [2.05, 4.69) is 5.32 Å². The highest BCUT2D eigenvalue weighted by Gasteiger charge is 2.19. The average Bonchev–Trinajstić information content (AvgIpc) is 2.82. The van der Waals surface area contributed by atoms with Gasteiger partial charge in [-0.05, 0) is 19.9 Å². The molecule has 0 bridgehead atoms. The fourth-order valence-electron chi connectivity index (χ4n) is 1.91. The van der Waals surface area contributed by atoms with Gasteiger partial charge in [-0.25, -0.2) is 0 Å². The number of carbonyl (C=O) groups excluding carboxylic acids is 2. The van der Waals surface area contributed by atoms with Crippen LogP contribution in [0.1, 0.15) is 19.3 Å². The molecule has 0 aromatic carbocycles. The van der Waals surface area contributed by atoms with Gasteiger partial charge in [0.1, 0.15) is 0 Å². The standard InChI is InChI=1S/C12H20N4O2/c1-15(9-11(17)14-6-4-5-13)10-12(18)16-7-2-3-8-16/h2-4,6-10H2,1H3,(H,14,17). The van der Waals surface area contributed by atoms with E-state index < -0.39 is 0 Å². The second kappa shape index (κ2) is 7.67. The van der Waals surface area contributed by atoms with Crippen LogP contribution in [0.4, 0.5) is 0 Å². The van der Waals surface area contributed by atoms with Crippen molar-refractivity contribution >= 4 is 11.8 Å². The van der Waals surface area contributed by atoms with Gasteiger partial charge in [0.05, 0.1) is 25.6 Å². The van der Waals surface area contributed by atoms with E-state index in [4.69, 9.17) is 5.26 Å². The van der Waals surface area contributed by atoms with Crippen LogP contribution in [0.25, 0.3) is 0 Å². The molecule has 100 valence electrons. The van der Waals surface area contributed by atoms with Gasteiger partial charge in [0, 0.05) is 19.6 Å². The Hall–Kier alpha value is -1.61. The molecule has 0 atom stereocenters. The molecule has 0 aliphatic carbocycles. The smallest absolute Gasteiger partial charge is 0.236 e. The summed E-state index contributed by atoms with van der Waals surface area (Å²) in [6.45, 7) is 2.49. The van der Waals surface area contributed by atoms with E-state index in [-0.39, 0.29) is 24.9 Å². The summed E-state index contributed by atoms with van der Waals surface area (Å²) in [7, 11) is 1.75. The summed E-state index contributed by atoms with van der Waals surface area (Å²) in [6, 6.07) is 1.96. The fourth-order valence-corrected chi connectivity index (χ4v) is 1.91. The summed E-state index contributed by atoms with van der Waals surface area (Å²) in [6.07, 6.45) is 2.45. The normalized spacial score (nSPS) is 14.6. The third-order valence-electron chi connectivity index (χ3n) is 2.84. The minimum absolute atomic E-state index is 0.0832. The Bertz CT molecular complexity index is 331. The first-order valence-corrected chi connectivity index (χ1v) is 6.23. The van der Waals surface area contributed by atoms with Gasteiger partial charge in [-0.2, -0.15) is 5.26 Å². The van der Waals surface area contributed by atoms with Crippen LogP contribution in [0, 0.1) is 11.3 Å². The molecule has 0 spiro atoms. The molecule has 0 unspecified atom stereocenters. The van der Waals surface area contributed by atoms with Crippen LogP contribution in [0.2, 0.25) is 0 Å². The maximum atomic E-state index is 11.8. The van der Waals surface area contributed by atoms with Crippen LogP contribution in [0.15, 0.2) is 0 Å². The van der Waals surface area contributed by atoms with Crippen molar-refractivity contribution in [2.75, 3.05) is 39.8 Å². The van der Waals surface area contributed by atoms with Crippen LogP contribution < -0.4 is 5.32 Å². The number of amides is 2. The number of carbonyl (C=O) groups is 2. The van der Waals surface area contributed by atoms with Gasteiger partial charge in [0.2, 0.25) is 11.8 Å². The number of hydrogen-bond acceptors (Lipinski definition) is 4. The van der Waals surface area contributed by atoms with Crippen molar-refractivity contribution in [1.82, 2.24) is 15.1 Å². The van der Waals surface area contributed by atoms with E-state index in [1.54, 1.807) is 11.9 Å². The molecule has 1 saturated heterocycles. The second-order valence-electron chi connectivity index (χ2n) is 4.52. The number of rotatable bonds is 6. The third kappa shape index (κ3) is 5.15. The first-order chi connectivity index (χ1) is 8.63. The number of hydrogen-bond donors (Lipinski definition) is 1. The second-order valence-corrected chi connectivity index (χ2v) is 4.52. The third-order valence-corrected chi connectivity index (χ3v) is 2.84. The summed E-state index contributed by atoms with van der Waals surface area (Å²) in [5.74, 6) is -0.0678. The van der Waals surface area contributed by atoms with Crippen molar-refractivity contribution in [3.63, 3.8) is 0 Å². The SMILES string of the molecule is CN(CC(=O)NCCC#N)CC(=O)N1CCCC1. The molecule has 1 N–H and O–H groups in total. The molecule has 18 heavy (non-hydrogen) atoms. The lowest BCUT2D eigenvalue weighted by Gasteiger charge is -2.20. The molecule has 1 rings (SSSR count). The van der Waals surface area contributed by atoms with Gasteiger partial charge in [0.25, 0.3) is 0 Å². The lowest BCUT2D eigenvalue weighted by atomic mass is 10.4. The van der Waals surface area contributed by atoms with E-state index in [0.29, 0.717) is 13.0 Å². The first-order valence-electron chi connectivity index (χ1n) is 6.23. The zero-order chi connectivity index (χ0) is 13.4. The molecular formula is C12H20N4O2. The van der Waals surface area contributed by atoms with Gasteiger partial charge in [0.15, 0.2) is 0 Å². The Kier molecular flexibility index (Phi) is 6.15. The molecule has 0 aromatic heterocycles. The molecule has 0 radical (unpaired) electrons. The molecule has 0 saturated carbocycles. The summed E-state index contributed by atoms with van der Waals surface area (Å²) in [5.41, 5.74) is 0. The topological polar surface area (TPSA) is 76.4 Å². The molecule has 1 heterocycles. The number of likely N-dealkylation sites (tertiary alicyclic amines) is 1. The zero-order valence-corrected chi connectivity index (χ0v) is 10.8. The largest absolute Gasteiger partial charge is 0.354 e. The molecular weight excluding hydrogens is 232 g/mol. The van der Waals surface area contributed by atoms with E-state index >= 15 is 0 Å². The highest BCUT2D eigenvalue weighted by molar-refractivity contribution is 5.81. The maximum absolute atomic E-state index is 11.8. The van der Waals surface area contributed by atoms with Crippen molar-refractivity contribution in [2.24, 2.45) is 0 Å². The minimum Gasteiger partial charge on any atom is -0.354 e. The predicted molar refractivity (Wildman–Crippen MR) is 66.6 cm³/mol. The lowest BCUT2D eigenvalue weighted by molar-refractivity contribution is -0.131. The Morgan fingerprint density at radius 3 is 2.61 bits per heavy atom.